The molecule has 1 rings (SSSR count). The van der Waals surface area contributed by atoms with E-state index in [9.17, 15) is 0 Å². The van der Waals surface area contributed by atoms with E-state index < -0.39 is 0 Å². The molecule has 0 saturated carbocycles. The van der Waals surface area contributed by atoms with E-state index >= 15 is 0 Å². The fraction of sp³-hybridized carbons (Fsp3) is 1.00. The maximum Gasteiger partial charge on any atom is 0.185 e. The van der Waals surface area contributed by atoms with Crippen molar-refractivity contribution in [2.24, 2.45) is 5.92 Å². The Morgan fingerprint density at radius 3 is 2.08 bits per heavy atom. The monoisotopic (exact) mass is 190 g/mol. The van der Waals surface area contributed by atoms with Gasteiger partial charge in [-0.2, -0.15) is 0 Å². The van der Waals surface area contributed by atoms with Gasteiger partial charge in [-0.25, -0.2) is 0 Å². The van der Waals surface area contributed by atoms with Gasteiger partial charge >= 0.3 is 0 Å². The van der Waals surface area contributed by atoms with Crippen LogP contribution >= 0.6 is 0 Å². The summed E-state index contributed by atoms with van der Waals surface area (Å²) in [5, 5.41) is 0. The Labute approximate surface area is 79.1 Å². The standard InChI is InChI=1S/C9H18O4/c1-6-5-13-9(12-4)8(11-3)7(6)10-2/h6-9H,5H2,1-4H3. The number of ether oxygens (including phenoxy) is 4. The van der Waals surface area contributed by atoms with Crippen molar-refractivity contribution in [2.45, 2.75) is 25.4 Å². The van der Waals surface area contributed by atoms with E-state index in [1.54, 1.807) is 21.3 Å². The summed E-state index contributed by atoms with van der Waals surface area (Å²) in [4.78, 5) is 0. The van der Waals surface area contributed by atoms with Crippen LogP contribution in [0.3, 0.4) is 0 Å². The fourth-order valence-corrected chi connectivity index (χ4v) is 1.73. The number of hydrogen-bond acceptors (Lipinski definition) is 4. The molecule has 1 fully saturated rings. The van der Waals surface area contributed by atoms with Gasteiger partial charge in [-0.05, 0) is 0 Å². The predicted octanol–water partition coefficient (Wildman–Crippen LogP) is 0.655. The molecule has 1 aliphatic heterocycles. The maximum absolute atomic E-state index is 5.45. The zero-order valence-corrected chi connectivity index (χ0v) is 8.65. The van der Waals surface area contributed by atoms with Crippen LogP contribution < -0.4 is 0 Å². The first kappa shape index (κ1) is 10.9. The van der Waals surface area contributed by atoms with E-state index in [1.807, 2.05) is 0 Å². The molecular formula is C9H18O4. The Morgan fingerprint density at radius 1 is 1.00 bits per heavy atom. The summed E-state index contributed by atoms with van der Waals surface area (Å²) in [6.07, 6.45) is -0.409. The molecule has 4 nitrogen and oxygen atoms in total. The molecule has 4 heteroatoms. The topological polar surface area (TPSA) is 36.9 Å². The maximum atomic E-state index is 5.45. The van der Waals surface area contributed by atoms with E-state index in [0.717, 1.165) is 0 Å². The minimum absolute atomic E-state index is 0.0451. The fourth-order valence-electron chi connectivity index (χ4n) is 1.73. The van der Waals surface area contributed by atoms with Crippen molar-refractivity contribution in [3.63, 3.8) is 0 Å². The summed E-state index contributed by atoms with van der Waals surface area (Å²) in [6.45, 7) is 2.73. The van der Waals surface area contributed by atoms with E-state index in [1.165, 1.54) is 0 Å². The number of rotatable bonds is 3. The van der Waals surface area contributed by atoms with Crippen molar-refractivity contribution in [2.75, 3.05) is 27.9 Å². The van der Waals surface area contributed by atoms with Crippen LogP contribution in [0.2, 0.25) is 0 Å². The van der Waals surface area contributed by atoms with Gasteiger partial charge in [0.1, 0.15) is 6.10 Å². The Bertz CT molecular complexity index is 151. The second kappa shape index (κ2) is 4.91. The first-order chi connectivity index (χ1) is 6.24. The highest BCUT2D eigenvalue weighted by Gasteiger charge is 2.39. The summed E-state index contributed by atoms with van der Waals surface area (Å²) >= 11 is 0. The van der Waals surface area contributed by atoms with Gasteiger partial charge in [0.2, 0.25) is 0 Å². The lowest BCUT2D eigenvalue weighted by Crippen LogP contribution is -2.51. The lowest BCUT2D eigenvalue weighted by molar-refractivity contribution is -0.259. The normalized spacial score (nSPS) is 40.6. The van der Waals surface area contributed by atoms with Gasteiger partial charge in [0, 0.05) is 27.2 Å². The Balaban J connectivity index is 2.64. The van der Waals surface area contributed by atoms with Crippen molar-refractivity contribution in [1.29, 1.82) is 0 Å². The first-order valence-electron chi connectivity index (χ1n) is 4.44. The van der Waals surface area contributed by atoms with E-state index in [2.05, 4.69) is 6.92 Å². The van der Waals surface area contributed by atoms with Gasteiger partial charge in [-0.15, -0.1) is 0 Å². The van der Waals surface area contributed by atoms with E-state index in [-0.39, 0.29) is 18.5 Å². The zero-order valence-electron chi connectivity index (χ0n) is 8.65. The molecule has 13 heavy (non-hydrogen) atoms. The van der Waals surface area contributed by atoms with Crippen molar-refractivity contribution < 1.29 is 18.9 Å². The van der Waals surface area contributed by atoms with E-state index in [0.29, 0.717) is 12.5 Å². The van der Waals surface area contributed by atoms with E-state index in [4.69, 9.17) is 18.9 Å². The summed E-state index contributed by atoms with van der Waals surface area (Å²) < 4.78 is 21.2. The molecule has 4 atom stereocenters. The number of hydrogen-bond donors (Lipinski definition) is 0. The largest absolute Gasteiger partial charge is 0.378 e. The van der Waals surface area contributed by atoms with Crippen molar-refractivity contribution >= 4 is 0 Å². The van der Waals surface area contributed by atoms with Crippen molar-refractivity contribution in [3.05, 3.63) is 0 Å². The molecule has 1 aliphatic rings. The molecule has 4 unspecified atom stereocenters. The van der Waals surface area contributed by atoms with Crippen LogP contribution in [0, 0.1) is 5.92 Å². The van der Waals surface area contributed by atoms with Crippen LogP contribution in [0.4, 0.5) is 0 Å². The average molecular weight is 190 g/mol. The van der Waals surface area contributed by atoms with Crippen LogP contribution in [-0.4, -0.2) is 46.4 Å². The summed E-state index contributed by atoms with van der Waals surface area (Å²) in [5.41, 5.74) is 0. The second-order valence-electron chi connectivity index (χ2n) is 3.32. The molecule has 0 radical (unpaired) electrons. The van der Waals surface area contributed by atoms with Gasteiger partial charge in [0.15, 0.2) is 6.29 Å². The Kier molecular flexibility index (Phi) is 4.12. The molecule has 0 spiro atoms. The van der Waals surface area contributed by atoms with Crippen LogP contribution in [0.1, 0.15) is 6.92 Å². The molecular weight excluding hydrogens is 172 g/mol. The SMILES string of the molecule is COC1OCC(C)C(OC)C1OC. The minimum Gasteiger partial charge on any atom is -0.378 e. The van der Waals surface area contributed by atoms with Crippen LogP contribution in [0.5, 0.6) is 0 Å². The number of methoxy groups -OCH3 is 3. The summed E-state index contributed by atoms with van der Waals surface area (Å²) in [7, 11) is 4.94. The van der Waals surface area contributed by atoms with Gasteiger partial charge in [-0.3, -0.25) is 0 Å². The minimum atomic E-state index is -0.314. The molecule has 1 saturated heterocycles. The van der Waals surface area contributed by atoms with Gasteiger partial charge in [-0.1, -0.05) is 6.92 Å². The molecule has 0 aromatic heterocycles. The highest BCUT2D eigenvalue weighted by molar-refractivity contribution is 4.82. The van der Waals surface area contributed by atoms with Gasteiger partial charge in [0.05, 0.1) is 12.7 Å². The lowest BCUT2D eigenvalue weighted by atomic mass is 9.97. The molecule has 0 N–H and O–H groups in total. The Hall–Kier alpha value is -0.160. The molecule has 0 bridgehead atoms. The van der Waals surface area contributed by atoms with Crippen LogP contribution in [0.25, 0.3) is 0 Å². The highest BCUT2D eigenvalue weighted by atomic mass is 16.7. The molecule has 0 aromatic rings. The van der Waals surface area contributed by atoms with Crippen LogP contribution in [-0.2, 0) is 18.9 Å². The third-order valence-electron chi connectivity index (χ3n) is 2.45. The second-order valence-corrected chi connectivity index (χ2v) is 3.32. The van der Waals surface area contributed by atoms with Gasteiger partial charge in [0.25, 0.3) is 0 Å². The van der Waals surface area contributed by atoms with Gasteiger partial charge < -0.3 is 18.9 Å². The average Bonchev–Trinajstić information content (AvgIpc) is 2.17. The van der Waals surface area contributed by atoms with Crippen LogP contribution in [0.15, 0.2) is 0 Å². The van der Waals surface area contributed by atoms with Crippen molar-refractivity contribution in [1.82, 2.24) is 0 Å². The predicted molar refractivity (Wildman–Crippen MR) is 47.5 cm³/mol. The Morgan fingerprint density at radius 2 is 1.62 bits per heavy atom. The molecule has 0 aliphatic carbocycles. The third kappa shape index (κ3) is 2.20. The molecule has 0 aromatic carbocycles. The highest BCUT2D eigenvalue weighted by Crippen LogP contribution is 2.24. The molecule has 78 valence electrons. The summed E-state index contributed by atoms with van der Waals surface area (Å²) in [6, 6.07) is 0. The lowest BCUT2D eigenvalue weighted by Gasteiger charge is -2.39. The first-order valence-corrected chi connectivity index (χ1v) is 4.44. The third-order valence-corrected chi connectivity index (χ3v) is 2.45. The molecule has 1 heterocycles. The summed E-state index contributed by atoms with van der Waals surface area (Å²) in [5.74, 6) is 0.335. The zero-order chi connectivity index (χ0) is 9.84. The smallest absolute Gasteiger partial charge is 0.185 e. The van der Waals surface area contributed by atoms with Crippen molar-refractivity contribution in [3.8, 4) is 0 Å². The quantitative estimate of drug-likeness (QED) is 0.655. The molecule has 0 amide bonds.